The molecule has 0 aliphatic carbocycles. The summed E-state index contributed by atoms with van der Waals surface area (Å²) in [6, 6.07) is 19.3. The summed E-state index contributed by atoms with van der Waals surface area (Å²) in [6.45, 7) is 5.45. The summed E-state index contributed by atoms with van der Waals surface area (Å²) in [6.07, 6.45) is 3.94. The van der Waals surface area contributed by atoms with Crippen LogP contribution in [0.15, 0.2) is 66.7 Å². The number of esters is 1. The Morgan fingerprint density at radius 2 is 1.77 bits per heavy atom. The molecule has 2 aromatic carbocycles. The molecule has 1 aliphatic rings. The fraction of sp³-hybridized carbons (Fsp3) is 0.360. The Bertz CT molecular complexity index is 871. The smallest absolute Gasteiger partial charge is 0.408 e. The lowest BCUT2D eigenvalue weighted by Gasteiger charge is -2.26. The van der Waals surface area contributed by atoms with Crippen LogP contribution in [0, 0.1) is 5.92 Å². The van der Waals surface area contributed by atoms with Gasteiger partial charge in [0, 0.05) is 6.42 Å². The number of ether oxygens (including phenoxy) is 2. The number of hydrogen-bond donors (Lipinski definition) is 1. The highest BCUT2D eigenvalue weighted by molar-refractivity contribution is 5.78. The first-order valence-electron chi connectivity index (χ1n) is 10.3. The Labute approximate surface area is 178 Å². The lowest BCUT2D eigenvalue weighted by Crippen LogP contribution is -2.46. The van der Waals surface area contributed by atoms with Crippen LogP contribution in [-0.2, 0) is 20.7 Å². The predicted molar refractivity (Wildman–Crippen MR) is 117 cm³/mol. The Morgan fingerprint density at radius 3 is 2.40 bits per heavy atom. The molecule has 1 amide bonds. The van der Waals surface area contributed by atoms with Crippen LogP contribution < -0.4 is 5.32 Å². The zero-order valence-corrected chi connectivity index (χ0v) is 17.7. The first-order chi connectivity index (χ1) is 14.3. The Hall–Kier alpha value is -3.08. The molecule has 0 radical (unpaired) electrons. The highest BCUT2D eigenvalue weighted by Crippen LogP contribution is 2.27. The molecule has 1 heterocycles. The summed E-state index contributed by atoms with van der Waals surface area (Å²) in [5, 5.41) is 2.92. The van der Waals surface area contributed by atoms with Crippen molar-refractivity contribution < 1.29 is 19.1 Å². The van der Waals surface area contributed by atoms with Gasteiger partial charge < -0.3 is 14.8 Å². The molecular weight excluding hydrogens is 378 g/mol. The predicted octanol–water partition coefficient (Wildman–Crippen LogP) is 4.77. The Kier molecular flexibility index (Phi) is 6.93. The zero-order valence-electron chi connectivity index (χ0n) is 17.7. The van der Waals surface area contributed by atoms with E-state index in [1.165, 1.54) is 0 Å². The third kappa shape index (κ3) is 6.48. The van der Waals surface area contributed by atoms with Gasteiger partial charge in [0.1, 0.15) is 11.7 Å². The number of hydrogen-bond acceptors (Lipinski definition) is 4. The van der Waals surface area contributed by atoms with E-state index in [0.717, 1.165) is 11.1 Å². The van der Waals surface area contributed by atoms with Crippen LogP contribution in [0.25, 0.3) is 6.08 Å². The molecule has 1 unspecified atom stereocenters. The topological polar surface area (TPSA) is 64.6 Å². The summed E-state index contributed by atoms with van der Waals surface area (Å²) in [7, 11) is 0. The van der Waals surface area contributed by atoms with E-state index >= 15 is 0 Å². The van der Waals surface area contributed by atoms with E-state index < -0.39 is 17.8 Å². The van der Waals surface area contributed by atoms with Crippen LogP contribution >= 0.6 is 0 Å². The number of rotatable bonds is 6. The van der Waals surface area contributed by atoms with Crippen LogP contribution in [0.2, 0.25) is 0 Å². The van der Waals surface area contributed by atoms with E-state index in [9.17, 15) is 9.59 Å². The van der Waals surface area contributed by atoms with Gasteiger partial charge >= 0.3 is 12.1 Å². The SMILES string of the molecule is CC(C)(C)OC(=O)NC(Cc1ccccc1)[C@@H]1C[C@@H](/C=C/c2ccccc2)C(=O)O1. The van der Waals surface area contributed by atoms with E-state index in [2.05, 4.69) is 5.32 Å². The van der Waals surface area contributed by atoms with E-state index in [-0.39, 0.29) is 17.9 Å². The van der Waals surface area contributed by atoms with Crippen molar-refractivity contribution in [2.45, 2.75) is 51.4 Å². The van der Waals surface area contributed by atoms with Crippen molar-refractivity contribution in [3.8, 4) is 0 Å². The number of carbonyl (C=O) groups is 2. The van der Waals surface area contributed by atoms with Gasteiger partial charge in [-0.25, -0.2) is 4.79 Å². The number of cyclic esters (lactones) is 1. The maximum Gasteiger partial charge on any atom is 0.408 e. The highest BCUT2D eigenvalue weighted by atomic mass is 16.6. The van der Waals surface area contributed by atoms with Crippen molar-refractivity contribution in [2.75, 3.05) is 0 Å². The van der Waals surface area contributed by atoms with E-state index in [4.69, 9.17) is 9.47 Å². The van der Waals surface area contributed by atoms with E-state index in [1.54, 1.807) is 0 Å². The number of benzene rings is 2. The van der Waals surface area contributed by atoms with Gasteiger partial charge in [0.15, 0.2) is 0 Å². The van der Waals surface area contributed by atoms with Crippen molar-refractivity contribution in [3.63, 3.8) is 0 Å². The largest absolute Gasteiger partial charge is 0.460 e. The minimum Gasteiger partial charge on any atom is -0.460 e. The monoisotopic (exact) mass is 407 g/mol. The number of amides is 1. The van der Waals surface area contributed by atoms with E-state index in [1.807, 2.05) is 93.6 Å². The van der Waals surface area contributed by atoms with Gasteiger partial charge in [-0.15, -0.1) is 0 Å². The lowest BCUT2D eigenvalue weighted by molar-refractivity contribution is -0.144. The third-order valence-electron chi connectivity index (χ3n) is 4.83. The molecule has 1 aliphatic heterocycles. The molecule has 30 heavy (non-hydrogen) atoms. The maximum absolute atomic E-state index is 12.5. The number of alkyl carbamates (subject to hydrolysis) is 1. The molecule has 3 atom stereocenters. The molecule has 0 spiro atoms. The van der Waals surface area contributed by atoms with E-state index in [0.29, 0.717) is 12.8 Å². The number of carbonyl (C=O) groups excluding carboxylic acids is 2. The first kappa shape index (κ1) is 21.6. The molecule has 1 saturated heterocycles. The van der Waals surface area contributed by atoms with Crippen LogP contribution in [0.5, 0.6) is 0 Å². The van der Waals surface area contributed by atoms with Gasteiger partial charge in [0.25, 0.3) is 0 Å². The van der Waals surface area contributed by atoms with Gasteiger partial charge in [-0.1, -0.05) is 72.8 Å². The van der Waals surface area contributed by atoms with Gasteiger partial charge in [0.05, 0.1) is 12.0 Å². The van der Waals surface area contributed by atoms with Gasteiger partial charge in [-0.2, -0.15) is 0 Å². The molecule has 1 fully saturated rings. The summed E-state index contributed by atoms with van der Waals surface area (Å²) in [5.74, 6) is -0.606. The molecule has 2 aromatic rings. The zero-order chi connectivity index (χ0) is 21.6. The molecule has 0 bridgehead atoms. The average Bonchev–Trinajstić information content (AvgIpc) is 3.07. The standard InChI is InChI=1S/C25H29NO4/c1-25(2,3)30-24(28)26-21(16-19-12-8-5-9-13-19)22-17-20(23(27)29-22)15-14-18-10-6-4-7-11-18/h4-15,20-22H,16-17H2,1-3H3,(H,26,28)/b15-14+/t20-,21?,22+/m1/s1. The number of nitrogens with one attached hydrogen (secondary N) is 1. The third-order valence-corrected chi connectivity index (χ3v) is 4.83. The minimum absolute atomic E-state index is 0.267. The van der Waals surface area contributed by atoms with Crippen molar-refractivity contribution >= 4 is 18.1 Å². The van der Waals surface area contributed by atoms with Crippen LogP contribution in [0.3, 0.4) is 0 Å². The van der Waals surface area contributed by atoms with Crippen molar-refractivity contribution in [3.05, 3.63) is 77.9 Å². The normalized spacial score (nSPS) is 20.0. The summed E-state index contributed by atoms with van der Waals surface area (Å²) in [5.41, 5.74) is 1.48. The second-order valence-corrected chi connectivity index (χ2v) is 8.53. The van der Waals surface area contributed by atoms with Crippen LogP contribution in [0.4, 0.5) is 4.79 Å². The second-order valence-electron chi connectivity index (χ2n) is 8.53. The molecule has 0 aromatic heterocycles. The fourth-order valence-corrected chi connectivity index (χ4v) is 3.43. The molecule has 3 rings (SSSR count). The van der Waals surface area contributed by atoms with Crippen molar-refractivity contribution in [1.29, 1.82) is 0 Å². The molecular formula is C25H29NO4. The average molecular weight is 408 g/mol. The Morgan fingerprint density at radius 1 is 1.13 bits per heavy atom. The van der Waals surface area contributed by atoms with Crippen molar-refractivity contribution in [1.82, 2.24) is 5.32 Å². The minimum atomic E-state index is -0.602. The van der Waals surface area contributed by atoms with Gasteiger partial charge in [0.2, 0.25) is 0 Å². The molecule has 1 N–H and O–H groups in total. The maximum atomic E-state index is 12.5. The summed E-state index contributed by atoms with van der Waals surface area (Å²) < 4.78 is 11.1. The second kappa shape index (κ2) is 9.61. The fourth-order valence-electron chi connectivity index (χ4n) is 3.43. The summed E-state index contributed by atoms with van der Waals surface area (Å²) >= 11 is 0. The molecule has 158 valence electrons. The molecule has 0 saturated carbocycles. The summed E-state index contributed by atoms with van der Waals surface area (Å²) in [4.78, 5) is 24.9. The van der Waals surface area contributed by atoms with Crippen LogP contribution in [0.1, 0.15) is 38.3 Å². The Balaban J connectivity index is 1.71. The lowest BCUT2D eigenvalue weighted by atomic mass is 9.95. The van der Waals surface area contributed by atoms with Gasteiger partial charge in [-0.3, -0.25) is 4.79 Å². The molecule has 5 heteroatoms. The molecule has 5 nitrogen and oxygen atoms in total. The van der Waals surface area contributed by atoms with Crippen molar-refractivity contribution in [2.24, 2.45) is 5.92 Å². The van der Waals surface area contributed by atoms with Crippen LogP contribution in [-0.4, -0.2) is 29.8 Å². The quantitative estimate of drug-likeness (QED) is 0.701. The highest BCUT2D eigenvalue weighted by Gasteiger charge is 2.38. The van der Waals surface area contributed by atoms with Gasteiger partial charge in [-0.05, 0) is 38.3 Å². The first-order valence-corrected chi connectivity index (χ1v) is 10.3.